The molecule has 0 spiro atoms. The van der Waals surface area contributed by atoms with Crippen LogP contribution >= 0.6 is 0 Å². The van der Waals surface area contributed by atoms with Crippen LogP contribution in [-0.2, 0) is 0 Å². The van der Waals surface area contributed by atoms with Crippen molar-refractivity contribution in [1.29, 1.82) is 0 Å². The Kier molecular flexibility index (Phi) is 5.70. The molecule has 0 aromatic rings. The summed E-state index contributed by atoms with van der Waals surface area (Å²) in [4.78, 5) is 2.65. The third-order valence-corrected chi connectivity index (χ3v) is 5.20. The monoisotopic (exact) mass is 266 g/mol. The molecular formula is C17H34N2. The molecular weight excluding hydrogens is 232 g/mol. The smallest absolute Gasteiger partial charge is 0.00931 e. The average Bonchev–Trinajstić information content (AvgIpc) is 2.37. The van der Waals surface area contributed by atoms with Crippen molar-refractivity contribution in [3.8, 4) is 0 Å². The summed E-state index contributed by atoms with van der Waals surface area (Å²) in [6.45, 7) is 12.5. The molecule has 0 aromatic carbocycles. The predicted molar refractivity (Wildman–Crippen MR) is 83.5 cm³/mol. The number of nitrogens with one attached hydrogen (secondary N) is 1. The Balaban J connectivity index is 1.58. The van der Waals surface area contributed by atoms with Gasteiger partial charge in [0, 0.05) is 6.04 Å². The van der Waals surface area contributed by atoms with Crippen molar-refractivity contribution in [2.45, 2.75) is 71.8 Å². The Morgan fingerprint density at radius 1 is 1.16 bits per heavy atom. The molecule has 1 heterocycles. The minimum Gasteiger partial charge on any atom is -0.314 e. The van der Waals surface area contributed by atoms with E-state index in [1.807, 2.05) is 0 Å². The molecule has 0 amide bonds. The standard InChI is InChI=1S/C17H34N2/c1-15-14-17(2,3)9-8-16(15)18-10-7-13-19-11-5-4-6-12-19/h15-16,18H,4-14H2,1-3H3. The third kappa shape index (κ3) is 5.07. The van der Waals surface area contributed by atoms with Gasteiger partial charge in [-0.15, -0.1) is 0 Å². The van der Waals surface area contributed by atoms with Gasteiger partial charge in [0.1, 0.15) is 0 Å². The van der Waals surface area contributed by atoms with Crippen molar-refractivity contribution in [3.05, 3.63) is 0 Å². The van der Waals surface area contributed by atoms with Crippen LogP contribution in [0.2, 0.25) is 0 Å². The highest BCUT2D eigenvalue weighted by Gasteiger charge is 2.31. The molecule has 2 heteroatoms. The molecule has 2 atom stereocenters. The first-order valence-electron chi connectivity index (χ1n) is 8.53. The lowest BCUT2D eigenvalue weighted by Gasteiger charge is -2.39. The molecule has 0 aromatic heterocycles. The summed E-state index contributed by atoms with van der Waals surface area (Å²) >= 11 is 0. The van der Waals surface area contributed by atoms with E-state index < -0.39 is 0 Å². The first kappa shape index (κ1) is 15.3. The molecule has 0 bridgehead atoms. The first-order valence-corrected chi connectivity index (χ1v) is 8.53. The van der Waals surface area contributed by atoms with E-state index in [9.17, 15) is 0 Å². The predicted octanol–water partition coefficient (Wildman–Crippen LogP) is 3.67. The second-order valence-electron chi connectivity index (χ2n) is 7.70. The fourth-order valence-corrected chi connectivity index (χ4v) is 4.02. The van der Waals surface area contributed by atoms with Crippen LogP contribution in [0.15, 0.2) is 0 Å². The highest BCUT2D eigenvalue weighted by Crippen LogP contribution is 2.38. The van der Waals surface area contributed by atoms with Gasteiger partial charge in [-0.1, -0.05) is 27.2 Å². The Morgan fingerprint density at radius 3 is 2.58 bits per heavy atom. The molecule has 1 aliphatic carbocycles. The van der Waals surface area contributed by atoms with Crippen LogP contribution in [0.3, 0.4) is 0 Å². The summed E-state index contributed by atoms with van der Waals surface area (Å²) < 4.78 is 0. The summed E-state index contributed by atoms with van der Waals surface area (Å²) in [5.74, 6) is 0.846. The molecule has 2 nitrogen and oxygen atoms in total. The van der Waals surface area contributed by atoms with Crippen molar-refractivity contribution in [2.75, 3.05) is 26.2 Å². The molecule has 1 saturated carbocycles. The maximum absolute atomic E-state index is 3.82. The van der Waals surface area contributed by atoms with Crippen molar-refractivity contribution in [1.82, 2.24) is 10.2 Å². The highest BCUT2D eigenvalue weighted by atomic mass is 15.1. The van der Waals surface area contributed by atoms with Crippen molar-refractivity contribution in [3.63, 3.8) is 0 Å². The van der Waals surface area contributed by atoms with Crippen LogP contribution in [0.1, 0.15) is 65.7 Å². The SMILES string of the molecule is CC1CC(C)(C)CCC1NCCCN1CCCCC1. The van der Waals surface area contributed by atoms with Gasteiger partial charge in [-0.25, -0.2) is 0 Å². The lowest BCUT2D eigenvalue weighted by atomic mass is 9.70. The lowest BCUT2D eigenvalue weighted by Crippen LogP contribution is -2.42. The molecule has 2 rings (SSSR count). The van der Waals surface area contributed by atoms with E-state index in [0.29, 0.717) is 5.41 Å². The summed E-state index contributed by atoms with van der Waals surface area (Å²) in [7, 11) is 0. The molecule has 1 N–H and O–H groups in total. The van der Waals surface area contributed by atoms with Gasteiger partial charge in [-0.05, 0) is 76.0 Å². The van der Waals surface area contributed by atoms with E-state index in [4.69, 9.17) is 0 Å². The first-order chi connectivity index (χ1) is 9.07. The largest absolute Gasteiger partial charge is 0.314 e. The van der Waals surface area contributed by atoms with Gasteiger partial charge in [0.25, 0.3) is 0 Å². The Morgan fingerprint density at radius 2 is 1.89 bits per heavy atom. The van der Waals surface area contributed by atoms with Crippen molar-refractivity contribution in [2.24, 2.45) is 11.3 Å². The Bertz CT molecular complexity index is 256. The summed E-state index contributed by atoms with van der Waals surface area (Å²) in [5, 5.41) is 3.82. The van der Waals surface area contributed by atoms with E-state index in [1.165, 1.54) is 71.1 Å². The summed E-state index contributed by atoms with van der Waals surface area (Å²) in [5.41, 5.74) is 0.575. The van der Waals surface area contributed by atoms with Crippen LogP contribution in [-0.4, -0.2) is 37.1 Å². The zero-order chi connectivity index (χ0) is 13.7. The van der Waals surface area contributed by atoms with Crippen LogP contribution in [0, 0.1) is 11.3 Å². The second kappa shape index (κ2) is 7.08. The van der Waals surface area contributed by atoms with Crippen molar-refractivity contribution >= 4 is 0 Å². The Labute approximate surface area is 120 Å². The van der Waals surface area contributed by atoms with Crippen molar-refractivity contribution < 1.29 is 0 Å². The number of hydrogen-bond donors (Lipinski definition) is 1. The van der Waals surface area contributed by atoms with Crippen LogP contribution in [0.4, 0.5) is 0 Å². The fraction of sp³-hybridized carbons (Fsp3) is 1.00. The summed E-state index contributed by atoms with van der Waals surface area (Å²) in [6.07, 6.45) is 9.76. The summed E-state index contributed by atoms with van der Waals surface area (Å²) in [6, 6.07) is 0.773. The van der Waals surface area contributed by atoms with Gasteiger partial charge in [-0.3, -0.25) is 0 Å². The lowest BCUT2D eigenvalue weighted by molar-refractivity contribution is 0.147. The van der Waals surface area contributed by atoms with E-state index in [-0.39, 0.29) is 0 Å². The van der Waals surface area contributed by atoms with Crippen LogP contribution in [0.25, 0.3) is 0 Å². The molecule has 1 aliphatic heterocycles. The third-order valence-electron chi connectivity index (χ3n) is 5.20. The molecule has 2 aliphatic rings. The zero-order valence-corrected chi connectivity index (χ0v) is 13.4. The van der Waals surface area contributed by atoms with Gasteiger partial charge >= 0.3 is 0 Å². The van der Waals surface area contributed by atoms with Gasteiger partial charge < -0.3 is 10.2 Å². The van der Waals surface area contributed by atoms with Gasteiger partial charge in [0.05, 0.1) is 0 Å². The highest BCUT2D eigenvalue weighted by molar-refractivity contribution is 4.86. The normalized spacial score (nSPS) is 32.4. The molecule has 1 saturated heterocycles. The van der Waals surface area contributed by atoms with E-state index >= 15 is 0 Å². The minimum absolute atomic E-state index is 0.575. The van der Waals surface area contributed by atoms with Gasteiger partial charge in [0.2, 0.25) is 0 Å². The second-order valence-corrected chi connectivity index (χ2v) is 7.70. The molecule has 2 unspecified atom stereocenters. The molecule has 2 fully saturated rings. The maximum atomic E-state index is 3.82. The Hall–Kier alpha value is -0.0800. The van der Waals surface area contributed by atoms with E-state index in [0.717, 1.165) is 12.0 Å². The van der Waals surface area contributed by atoms with Gasteiger partial charge in [-0.2, -0.15) is 0 Å². The molecule has 0 radical (unpaired) electrons. The minimum atomic E-state index is 0.575. The van der Waals surface area contributed by atoms with Crippen LogP contribution in [0.5, 0.6) is 0 Å². The number of piperidine rings is 1. The topological polar surface area (TPSA) is 15.3 Å². The zero-order valence-electron chi connectivity index (χ0n) is 13.4. The van der Waals surface area contributed by atoms with E-state index in [2.05, 4.69) is 31.0 Å². The number of nitrogens with zero attached hydrogens (tertiary/aromatic N) is 1. The number of hydrogen-bond acceptors (Lipinski definition) is 2. The fourth-order valence-electron chi connectivity index (χ4n) is 4.02. The quantitative estimate of drug-likeness (QED) is 0.764. The molecule has 19 heavy (non-hydrogen) atoms. The maximum Gasteiger partial charge on any atom is 0.00931 e. The number of likely N-dealkylation sites (tertiary alicyclic amines) is 1. The number of rotatable bonds is 5. The van der Waals surface area contributed by atoms with Gasteiger partial charge in [0.15, 0.2) is 0 Å². The van der Waals surface area contributed by atoms with Crippen LogP contribution < -0.4 is 5.32 Å². The molecule has 112 valence electrons. The average molecular weight is 266 g/mol. The van der Waals surface area contributed by atoms with E-state index in [1.54, 1.807) is 0 Å².